The third-order valence-corrected chi connectivity index (χ3v) is 12.2. The molecule has 0 aliphatic heterocycles. The van der Waals surface area contributed by atoms with Crippen molar-refractivity contribution in [3.05, 3.63) is 231 Å². The van der Waals surface area contributed by atoms with Gasteiger partial charge < -0.3 is 13.9 Å². The molecular weight excluding hydrogens is 741 g/mol. The summed E-state index contributed by atoms with van der Waals surface area (Å²) in [7, 11) is 0. The number of hydrogen-bond acceptors (Lipinski definition) is 2. The van der Waals surface area contributed by atoms with E-state index in [1.54, 1.807) is 0 Å². The summed E-state index contributed by atoms with van der Waals surface area (Å²) >= 11 is 0. The molecule has 2 aromatic heterocycles. The Kier molecular flexibility index (Phi) is 8.17. The number of nitrogens with zero attached hydrogens (tertiary/aromatic N) is 2. The predicted molar refractivity (Wildman–Crippen MR) is 257 cm³/mol. The summed E-state index contributed by atoms with van der Waals surface area (Å²) in [6, 6.07) is 82.7. The lowest BCUT2D eigenvalue weighted by Gasteiger charge is -2.26. The number of furan rings is 1. The van der Waals surface area contributed by atoms with Gasteiger partial charge in [0.2, 0.25) is 0 Å². The lowest BCUT2D eigenvalue weighted by Crippen LogP contribution is -2.10. The SMILES string of the molecule is c1ccc(-c2ccc(N(c3ccc(-c4ccc(-c5ccc6c7ccccc7n(-c7ccccc7)c6c5)cc4)cc3)c3cc4ccccc4c4c3oc3ccccc34)cc2)cc1. The van der Waals surface area contributed by atoms with E-state index in [0.29, 0.717) is 0 Å². The molecule has 3 nitrogen and oxygen atoms in total. The molecule has 0 bridgehead atoms. The number of hydrogen-bond donors (Lipinski definition) is 0. The summed E-state index contributed by atoms with van der Waals surface area (Å²) in [6.07, 6.45) is 0. The van der Waals surface area contributed by atoms with Gasteiger partial charge in [-0.15, -0.1) is 0 Å². The molecule has 0 spiro atoms. The van der Waals surface area contributed by atoms with E-state index in [9.17, 15) is 0 Å². The fourth-order valence-corrected chi connectivity index (χ4v) is 9.25. The van der Waals surface area contributed by atoms with E-state index in [1.165, 1.54) is 60.4 Å². The second-order valence-corrected chi connectivity index (χ2v) is 15.7. The normalized spacial score (nSPS) is 11.6. The lowest BCUT2D eigenvalue weighted by molar-refractivity contribution is 0.669. The number of para-hydroxylation sites is 3. The molecule has 10 aromatic carbocycles. The molecule has 2 heterocycles. The number of rotatable bonds is 7. The fraction of sp³-hybridized carbons (Fsp3) is 0. The fourth-order valence-electron chi connectivity index (χ4n) is 9.25. The quantitative estimate of drug-likeness (QED) is 0.161. The Morgan fingerprint density at radius 2 is 0.836 bits per heavy atom. The van der Waals surface area contributed by atoms with Crippen molar-refractivity contribution in [2.24, 2.45) is 0 Å². The first-order valence-electron chi connectivity index (χ1n) is 20.8. The van der Waals surface area contributed by atoms with Gasteiger partial charge >= 0.3 is 0 Å². The smallest absolute Gasteiger partial charge is 0.160 e. The minimum Gasteiger partial charge on any atom is -0.454 e. The van der Waals surface area contributed by atoms with Gasteiger partial charge in [-0.05, 0) is 105 Å². The maximum atomic E-state index is 6.77. The molecule has 0 N–H and O–H groups in total. The minimum absolute atomic E-state index is 0.869. The molecule has 0 saturated heterocycles. The number of anilines is 3. The third-order valence-electron chi connectivity index (χ3n) is 12.2. The van der Waals surface area contributed by atoms with Crippen LogP contribution in [-0.2, 0) is 0 Å². The first kappa shape index (κ1) is 34.9. The Morgan fingerprint density at radius 1 is 0.344 bits per heavy atom. The Hall–Kier alpha value is -8.14. The minimum atomic E-state index is 0.869. The molecule has 61 heavy (non-hydrogen) atoms. The van der Waals surface area contributed by atoms with Crippen molar-refractivity contribution in [2.75, 3.05) is 4.90 Å². The second-order valence-electron chi connectivity index (χ2n) is 15.7. The van der Waals surface area contributed by atoms with Crippen LogP contribution in [0.3, 0.4) is 0 Å². The van der Waals surface area contributed by atoms with E-state index in [2.05, 4.69) is 234 Å². The molecule has 12 rings (SSSR count). The Labute approximate surface area is 353 Å². The Morgan fingerprint density at radius 3 is 1.52 bits per heavy atom. The van der Waals surface area contributed by atoms with Gasteiger partial charge in [0.1, 0.15) is 5.58 Å². The van der Waals surface area contributed by atoms with Gasteiger partial charge in [0.05, 0.1) is 16.7 Å². The summed E-state index contributed by atoms with van der Waals surface area (Å²) in [6.45, 7) is 0. The zero-order chi connectivity index (χ0) is 40.3. The summed E-state index contributed by atoms with van der Waals surface area (Å²) in [5.41, 5.74) is 15.5. The van der Waals surface area contributed by atoms with Crippen molar-refractivity contribution in [3.8, 4) is 39.1 Å². The third kappa shape index (κ3) is 5.90. The molecule has 0 radical (unpaired) electrons. The van der Waals surface area contributed by atoms with Crippen molar-refractivity contribution < 1.29 is 4.42 Å². The Balaban J connectivity index is 0.938. The number of aromatic nitrogens is 1. The monoisotopic (exact) mass is 778 g/mol. The first-order valence-corrected chi connectivity index (χ1v) is 20.8. The topological polar surface area (TPSA) is 21.3 Å². The van der Waals surface area contributed by atoms with Crippen LogP contribution in [0.25, 0.3) is 93.6 Å². The highest BCUT2D eigenvalue weighted by Crippen LogP contribution is 2.46. The van der Waals surface area contributed by atoms with Crippen LogP contribution in [0.5, 0.6) is 0 Å². The van der Waals surface area contributed by atoms with E-state index >= 15 is 0 Å². The zero-order valence-corrected chi connectivity index (χ0v) is 33.2. The van der Waals surface area contributed by atoms with E-state index in [-0.39, 0.29) is 0 Å². The summed E-state index contributed by atoms with van der Waals surface area (Å²) in [5, 5.41) is 7.12. The largest absolute Gasteiger partial charge is 0.454 e. The predicted octanol–water partition coefficient (Wildman–Crippen LogP) is 16.3. The van der Waals surface area contributed by atoms with Crippen LogP contribution in [0, 0.1) is 0 Å². The molecule has 3 heteroatoms. The van der Waals surface area contributed by atoms with Gasteiger partial charge in [0, 0.05) is 38.6 Å². The van der Waals surface area contributed by atoms with E-state index in [1.807, 2.05) is 6.07 Å². The lowest BCUT2D eigenvalue weighted by atomic mass is 9.98. The maximum absolute atomic E-state index is 6.77. The van der Waals surface area contributed by atoms with Crippen molar-refractivity contribution in [3.63, 3.8) is 0 Å². The van der Waals surface area contributed by atoms with E-state index in [0.717, 1.165) is 50.3 Å². The number of benzene rings is 10. The first-order chi connectivity index (χ1) is 30.2. The van der Waals surface area contributed by atoms with Crippen molar-refractivity contribution in [2.45, 2.75) is 0 Å². The van der Waals surface area contributed by atoms with Gasteiger partial charge in [0.15, 0.2) is 5.58 Å². The van der Waals surface area contributed by atoms with Crippen LogP contribution >= 0.6 is 0 Å². The van der Waals surface area contributed by atoms with Crippen LogP contribution in [0.4, 0.5) is 17.1 Å². The highest BCUT2D eigenvalue weighted by molar-refractivity contribution is 6.23. The van der Waals surface area contributed by atoms with E-state index < -0.39 is 0 Å². The van der Waals surface area contributed by atoms with Crippen LogP contribution in [0.15, 0.2) is 235 Å². The van der Waals surface area contributed by atoms with Crippen molar-refractivity contribution in [1.82, 2.24) is 4.57 Å². The highest BCUT2D eigenvalue weighted by Gasteiger charge is 2.22. The average molecular weight is 779 g/mol. The molecule has 0 unspecified atom stereocenters. The van der Waals surface area contributed by atoms with Gasteiger partial charge in [-0.3, -0.25) is 0 Å². The molecule has 0 aliphatic carbocycles. The standard InChI is InChI=1S/C58H38N2O/c1-3-13-39(14-4-1)41-27-32-47(33-28-41)59(55-38-45-15-7-8-18-49(45)57-52-20-10-12-22-56(52)61-58(55)57)48-34-29-42(30-35-48)40-23-25-43(26-24-40)44-31-36-51-50-19-9-11-21-53(50)60(54(51)37-44)46-16-5-2-6-17-46/h1-38H. The maximum Gasteiger partial charge on any atom is 0.160 e. The van der Waals surface area contributed by atoms with Crippen LogP contribution in [0.1, 0.15) is 0 Å². The molecular formula is C58H38N2O. The molecule has 0 aliphatic rings. The van der Waals surface area contributed by atoms with Crippen LogP contribution in [-0.4, -0.2) is 4.57 Å². The summed E-state index contributed by atoms with van der Waals surface area (Å²) in [4.78, 5) is 2.34. The van der Waals surface area contributed by atoms with Gasteiger partial charge in [-0.1, -0.05) is 170 Å². The molecule has 286 valence electrons. The summed E-state index contributed by atoms with van der Waals surface area (Å²) < 4.78 is 9.15. The molecule has 0 atom stereocenters. The van der Waals surface area contributed by atoms with Crippen molar-refractivity contribution >= 4 is 71.6 Å². The second kappa shape index (κ2) is 14.3. The molecule has 0 fully saturated rings. The van der Waals surface area contributed by atoms with E-state index in [4.69, 9.17) is 4.42 Å². The highest BCUT2D eigenvalue weighted by atomic mass is 16.3. The summed E-state index contributed by atoms with van der Waals surface area (Å²) in [5.74, 6) is 0. The molecule has 0 amide bonds. The zero-order valence-electron chi connectivity index (χ0n) is 33.2. The van der Waals surface area contributed by atoms with Gasteiger partial charge in [-0.25, -0.2) is 0 Å². The van der Waals surface area contributed by atoms with Crippen molar-refractivity contribution in [1.29, 1.82) is 0 Å². The Bertz CT molecular complexity index is 3550. The van der Waals surface area contributed by atoms with Gasteiger partial charge in [0.25, 0.3) is 0 Å². The van der Waals surface area contributed by atoms with Crippen LogP contribution in [0.2, 0.25) is 0 Å². The van der Waals surface area contributed by atoms with Crippen LogP contribution < -0.4 is 4.90 Å². The van der Waals surface area contributed by atoms with Gasteiger partial charge in [-0.2, -0.15) is 0 Å². The number of fused-ring (bicyclic) bond motifs is 8. The molecule has 12 aromatic rings. The average Bonchev–Trinajstić information content (AvgIpc) is 3.89. The molecule has 0 saturated carbocycles.